The third kappa shape index (κ3) is 4.14. The molecule has 1 amide bonds. The Labute approximate surface area is 189 Å². The average molecular weight is 514 g/mol. The van der Waals surface area contributed by atoms with Gasteiger partial charge in [-0.05, 0) is 20.3 Å². The number of ether oxygens (including phenoxy) is 1. The SMILES string of the molecule is CCCN1C(=O)OC(C)c2c(F)c(NS(=O)(=O)Cc3c(F)c(F)c(C)c(F)c3F)c(F)c(F)c21. The summed E-state index contributed by atoms with van der Waals surface area (Å²) in [6.07, 6.45) is -2.28. The second-order valence-corrected chi connectivity index (χ2v) is 9.20. The van der Waals surface area contributed by atoms with Gasteiger partial charge < -0.3 is 4.74 Å². The van der Waals surface area contributed by atoms with Gasteiger partial charge in [0.1, 0.15) is 17.5 Å². The number of anilines is 2. The van der Waals surface area contributed by atoms with Gasteiger partial charge in [0.15, 0.2) is 40.7 Å². The maximum atomic E-state index is 15.2. The van der Waals surface area contributed by atoms with Crippen molar-refractivity contribution in [2.75, 3.05) is 16.2 Å². The highest BCUT2D eigenvalue weighted by atomic mass is 32.2. The van der Waals surface area contributed by atoms with Crippen molar-refractivity contribution in [1.82, 2.24) is 0 Å². The van der Waals surface area contributed by atoms with Crippen LogP contribution >= 0.6 is 0 Å². The fraction of sp³-hybridized carbons (Fsp3) is 0.350. The summed E-state index contributed by atoms with van der Waals surface area (Å²) in [5.74, 6) is -15.0. The van der Waals surface area contributed by atoms with Gasteiger partial charge in [-0.1, -0.05) is 6.92 Å². The second-order valence-electron chi connectivity index (χ2n) is 7.48. The van der Waals surface area contributed by atoms with Gasteiger partial charge in [-0.3, -0.25) is 9.62 Å². The van der Waals surface area contributed by atoms with Gasteiger partial charge in [-0.2, -0.15) is 0 Å². The smallest absolute Gasteiger partial charge is 0.414 e. The van der Waals surface area contributed by atoms with Crippen molar-refractivity contribution in [3.63, 3.8) is 0 Å². The highest BCUT2D eigenvalue weighted by molar-refractivity contribution is 7.91. The lowest BCUT2D eigenvalue weighted by molar-refractivity contribution is 0.105. The number of nitrogens with one attached hydrogen (secondary N) is 1. The lowest BCUT2D eigenvalue weighted by Crippen LogP contribution is -2.39. The molecular weight excluding hydrogens is 497 g/mol. The van der Waals surface area contributed by atoms with Crippen LogP contribution in [0, 0.1) is 47.6 Å². The Balaban J connectivity index is 2.10. The molecule has 0 aromatic heterocycles. The van der Waals surface area contributed by atoms with E-state index in [1.165, 1.54) is 4.72 Å². The Morgan fingerprint density at radius 2 is 1.47 bits per heavy atom. The molecule has 1 aliphatic rings. The van der Waals surface area contributed by atoms with Gasteiger partial charge in [-0.15, -0.1) is 0 Å². The number of carbonyl (C=O) groups excluding carboxylic acids is 1. The number of halogens is 7. The number of hydrogen-bond donors (Lipinski definition) is 1. The summed E-state index contributed by atoms with van der Waals surface area (Å²) in [5.41, 5.74) is -5.65. The maximum Gasteiger partial charge on any atom is 0.414 e. The molecule has 0 fully saturated rings. The second kappa shape index (κ2) is 8.96. The van der Waals surface area contributed by atoms with E-state index in [4.69, 9.17) is 4.74 Å². The van der Waals surface area contributed by atoms with Crippen LogP contribution in [0.4, 0.5) is 46.9 Å². The number of rotatable bonds is 6. The first-order valence-corrected chi connectivity index (χ1v) is 11.4. The van der Waals surface area contributed by atoms with Crippen molar-refractivity contribution in [3.05, 3.63) is 57.4 Å². The average Bonchev–Trinajstić information content (AvgIpc) is 2.77. The van der Waals surface area contributed by atoms with E-state index in [9.17, 15) is 39.6 Å². The molecule has 1 heterocycles. The largest absolute Gasteiger partial charge is 0.441 e. The van der Waals surface area contributed by atoms with Gasteiger partial charge in [-0.25, -0.2) is 43.9 Å². The van der Waals surface area contributed by atoms with Crippen LogP contribution in [0.5, 0.6) is 0 Å². The van der Waals surface area contributed by atoms with Crippen LogP contribution in [-0.4, -0.2) is 21.1 Å². The fourth-order valence-electron chi connectivity index (χ4n) is 3.48. The zero-order chi connectivity index (χ0) is 25.7. The van der Waals surface area contributed by atoms with Gasteiger partial charge in [0.25, 0.3) is 0 Å². The molecule has 0 saturated carbocycles. The predicted octanol–water partition coefficient (Wildman–Crippen LogP) is 5.34. The highest BCUT2D eigenvalue weighted by Crippen LogP contribution is 2.43. The molecule has 34 heavy (non-hydrogen) atoms. The molecule has 3 rings (SSSR count). The number of benzene rings is 2. The van der Waals surface area contributed by atoms with E-state index in [2.05, 4.69) is 0 Å². The third-order valence-corrected chi connectivity index (χ3v) is 6.30. The Morgan fingerprint density at radius 3 is 2.00 bits per heavy atom. The van der Waals surface area contributed by atoms with E-state index >= 15 is 4.39 Å². The Morgan fingerprint density at radius 1 is 0.912 bits per heavy atom. The molecule has 0 spiro atoms. The van der Waals surface area contributed by atoms with Crippen molar-refractivity contribution in [1.29, 1.82) is 0 Å². The molecule has 6 nitrogen and oxygen atoms in total. The molecule has 1 aliphatic heterocycles. The van der Waals surface area contributed by atoms with Crippen LogP contribution in [0.15, 0.2) is 0 Å². The number of fused-ring (bicyclic) bond motifs is 1. The first kappa shape index (κ1) is 25.6. The molecular formula is C20H17F7N2O4S. The van der Waals surface area contributed by atoms with Crippen molar-refractivity contribution < 1.29 is 48.7 Å². The number of cyclic esters (lactones) is 1. The minimum atomic E-state index is -5.15. The summed E-state index contributed by atoms with van der Waals surface area (Å²) in [5, 5.41) is 0. The van der Waals surface area contributed by atoms with Crippen LogP contribution in [0.3, 0.4) is 0 Å². The predicted molar refractivity (Wildman–Crippen MR) is 106 cm³/mol. The number of nitrogens with zero attached hydrogens (tertiary/aromatic N) is 1. The Bertz CT molecular complexity index is 1270. The zero-order valence-electron chi connectivity index (χ0n) is 17.8. The van der Waals surface area contributed by atoms with E-state index in [0.29, 0.717) is 11.8 Å². The van der Waals surface area contributed by atoms with Crippen molar-refractivity contribution in [2.24, 2.45) is 0 Å². The molecule has 1 unspecified atom stereocenters. The minimum absolute atomic E-state index is 0.178. The van der Waals surface area contributed by atoms with Crippen LogP contribution < -0.4 is 9.62 Å². The lowest BCUT2D eigenvalue weighted by Gasteiger charge is -2.33. The molecule has 2 aromatic carbocycles. The molecule has 0 bridgehead atoms. The lowest BCUT2D eigenvalue weighted by atomic mass is 10.0. The molecule has 0 aliphatic carbocycles. The number of carbonyl (C=O) groups is 1. The molecule has 1 N–H and O–H groups in total. The van der Waals surface area contributed by atoms with E-state index in [0.717, 1.165) is 6.92 Å². The van der Waals surface area contributed by atoms with Gasteiger partial charge in [0.2, 0.25) is 10.0 Å². The molecule has 0 radical (unpaired) electrons. The monoisotopic (exact) mass is 514 g/mol. The summed E-state index contributed by atoms with van der Waals surface area (Å²) < 4.78 is 132. The summed E-state index contributed by atoms with van der Waals surface area (Å²) >= 11 is 0. The van der Waals surface area contributed by atoms with E-state index in [1.807, 2.05) is 0 Å². The zero-order valence-corrected chi connectivity index (χ0v) is 18.6. The highest BCUT2D eigenvalue weighted by Gasteiger charge is 2.39. The van der Waals surface area contributed by atoms with E-state index in [-0.39, 0.29) is 13.0 Å². The summed E-state index contributed by atoms with van der Waals surface area (Å²) in [4.78, 5) is 12.7. The molecule has 186 valence electrons. The van der Waals surface area contributed by atoms with Gasteiger partial charge in [0.05, 0.1) is 11.3 Å². The molecule has 0 saturated heterocycles. The Hall–Kier alpha value is -3.03. The quantitative estimate of drug-likeness (QED) is 0.417. The summed E-state index contributed by atoms with van der Waals surface area (Å²) in [7, 11) is -5.15. The Kier molecular flexibility index (Phi) is 6.75. The maximum absolute atomic E-state index is 15.2. The van der Waals surface area contributed by atoms with Crippen LogP contribution in [0.2, 0.25) is 0 Å². The summed E-state index contributed by atoms with van der Waals surface area (Å²) in [6.45, 7) is 3.25. The molecule has 2 aromatic rings. The normalized spacial score (nSPS) is 15.9. The van der Waals surface area contributed by atoms with E-state index in [1.54, 1.807) is 6.92 Å². The van der Waals surface area contributed by atoms with Crippen LogP contribution in [0.25, 0.3) is 0 Å². The number of sulfonamides is 1. The third-order valence-electron chi connectivity index (χ3n) is 5.12. The number of amides is 1. The van der Waals surface area contributed by atoms with Gasteiger partial charge in [0, 0.05) is 17.7 Å². The van der Waals surface area contributed by atoms with Crippen molar-refractivity contribution in [2.45, 2.75) is 39.0 Å². The van der Waals surface area contributed by atoms with Crippen LogP contribution in [-0.2, 0) is 20.5 Å². The standard InChI is InChI=1S/C20H17F7N2O4S/c1-4-5-29-19-10(8(3)33-20(29)30)15(25)18(16(26)17(19)27)28-34(31,32)6-9-13(23)11(21)7(2)12(22)14(9)24/h8,28H,4-6H2,1-3H3. The van der Waals surface area contributed by atoms with Crippen molar-refractivity contribution in [3.8, 4) is 0 Å². The van der Waals surface area contributed by atoms with E-state index < -0.39 is 96.8 Å². The minimum Gasteiger partial charge on any atom is -0.441 e. The summed E-state index contributed by atoms with van der Waals surface area (Å²) in [6, 6.07) is 0. The topological polar surface area (TPSA) is 75.7 Å². The van der Waals surface area contributed by atoms with Crippen molar-refractivity contribution >= 4 is 27.5 Å². The number of hydrogen-bond acceptors (Lipinski definition) is 4. The van der Waals surface area contributed by atoms with Crippen LogP contribution in [0.1, 0.15) is 43.1 Å². The molecule has 1 atom stereocenters. The fourth-order valence-corrected chi connectivity index (χ4v) is 4.67. The first-order valence-electron chi connectivity index (χ1n) is 9.73. The molecule has 14 heteroatoms. The van der Waals surface area contributed by atoms with Gasteiger partial charge >= 0.3 is 6.09 Å². The first-order chi connectivity index (χ1) is 15.7.